The largest absolute Gasteiger partial charge is 0.497 e. The van der Waals surface area contributed by atoms with E-state index in [2.05, 4.69) is 5.32 Å². The lowest BCUT2D eigenvalue weighted by atomic mass is 9.71. The SMILES string of the molecule is COc1ccc([C@@H]2CC(=O)C3=C(C2)NC(C)=C(C(=O)OC2CCCC2)[C@H]3c2ccc(Cl)cc2Cl)cc1. The zero-order valence-electron chi connectivity index (χ0n) is 20.4. The highest BCUT2D eigenvalue weighted by atomic mass is 35.5. The van der Waals surface area contributed by atoms with Crippen LogP contribution < -0.4 is 10.1 Å². The molecule has 2 aliphatic carbocycles. The van der Waals surface area contributed by atoms with Gasteiger partial charge < -0.3 is 14.8 Å². The summed E-state index contributed by atoms with van der Waals surface area (Å²) in [5.41, 5.74) is 4.32. The van der Waals surface area contributed by atoms with Crippen LogP contribution in [0.1, 0.15) is 68.4 Å². The molecule has 3 aliphatic rings. The Balaban J connectivity index is 1.54. The number of methoxy groups -OCH3 is 1. The van der Waals surface area contributed by atoms with Gasteiger partial charge in [0.2, 0.25) is 0 Å². The van der Waals surface area contributed by atoms with E-state index >= 15 is 0 Å². The second kappa shape index (κ2) is 10.3. The minimum absolute atomic E-state index is 0.000693. The van der Waals surface area contributed by atoms with E-state index in [-0.39, 0.29) is 23.8 Å². The van der Waals surface area contributed by atoms with Gasteiger partial charge in [-0.2, -0.15) is 0 Å². The summed E-state index contributed by atoms with van der Waals surface area (Å²) in [6.07, 6.45) is 4.76. The summed E-state index contributed by atoms with van der Waals surface area (Å²) in [6.45, 7) is 1.87. The molecule has 5 rings (SSSR count). The second-order valence-corrected chi connectivity index (χ2v) is 10.6. The quantitative estimate of drug-likeness (QED) is 0.432. The van der Waals surface area contributed by atoms with Crippen molar-refractivity contribution >= 4 is 35.0 Å². The van der Waals surface area contributed by atoms with E-state index < -0.39 is 5.92 Å². The summed E-state index contributed by atoms with van der Waals surface area (Å²) in [6, 6.07) is 13.0. The van der Waals surface area contributed by atoms with Crippen molar-refractivity contribution in [2.75, 3.05) is 7.11 Å². The molecule has 0 amide bonds. The first kappa shape index (κ1) is 24.9. The van der Waals surface area contributed by atoms with Gasteiger partial charge in [0.25, 0.3) is 0 Å². The van der Waals surface area contributed by atoms with Crippen LogP contribution in [0.25, 0.3) is 0 Å². The Kier molecular flexibility index (Phi) is 7.14. The van der Waals surface area contributed by atoms with Gasteiger partial charge in [-0.3, -0.25) is 4.79 Å². The van der Waals surface area contributed by atoms with Crippen molar-refractivity contribution in [1.82, 2.24) is 5.32 Å². The van der Waals surface area contributed by atoms with Crippen LogP contribution in [0.5, 0.6) is 5.75 Å². The molecule has 0 aromatic heterocycles. The molecule has 1 fully saturated rings. The maximum Gasteiger partial charge on any atom is 0.337 e. The van der Waals surface area contributed by atoms with Crippen molar-refractivity contribution in [3.05, 3.63) is 86.2 Å². The molecule has 1 aliphatic heterocycles. The van der Waals surface area contributed by atoms with Crippen LogP contribution in [-0.2, 0) is 14.3 Å². The van der Waals surface area contributed by atoms with Crippen molar-refractivity contribution < 1.29 is 19.1 Å². The normalized spacial score (nSPS) is 22.4. The first-order valence-corrected chi connectivity index (χ1v) is 13.1. The molecule has 2 aromatic rings. The van der Waals surface area contributed by atoms with Crippen LogP contribution in [0.3, 0.4) is 0 Å². The molecule has 5 nitrogen and oxygen atoms in total. The molecule has 1 saturated carbocycles. The minimum Gasteiger partial charge on any atom is -0.497 e. The predicted molar refractivity (Wildman–Crippen MR) is 140 cm³/mol. The molecule has 0 radical (unpaired) electrons. The van der Waals surface area contributed by atoms with E-state index in [1.807, 2.05) is 37.3 Å². The molecule has 188 valence electrons. The number of allylic oxidation sites excluding steroid dienone is 3. The minimum atomic E-state index is -0.607. The number of dihydropyridines is 1. The molecule has 0 saturated heterocycles. The number of ketones is 1. The first-order chi connectivity index (χ1) is 17.4. The van der Waals surface area contributed by atoms with E-state index in [1.165, 1.54) is 0 Å². The smallest absolute Gasteiger partial charge is 0.337 e. The van der Waals surface area contributed by atoms with Gasteiger partial charge >= 0.3 is 5.97 Å². The number of nitrogens with one attached hydrogen (secondary N) is 1. The second-order valence-electron chi connectivity index (χ2n) is 9.77. The maximum atomic E-state index is 13.8. The highest BCUT2D eigenvalue weighted by Crippen LogP contribution is 2.47. The molecule has 0 unspecified atom stereocenters. The third kappa shape index (κ3) is 4.79. The average molecular weight is 526 g/mol. The van der Waals surface area contributed by atoms with Gasteiger partial charge in [0, 0.05) is 39.4 Å². The van der Waals surface area contributed by atoms with E-state index in [0.717, 1.165) is 42.7 Å². The van der Waals surface area contributed by atoms with E-state index in [9.17, 15) is 9.59 Å². The monoisotopic (exact) mass is 525 g/mol. The Morgan fingerprint density at radius 3 is 2.42 bits per heavy atom. The molecule has 0 bridgehead atoms. The van der Waals surface area contributed by atoms with Crippen LogP contribution in [-0.4, -0.2) is 25.0 Å². The molecular formula is C29H29Cl2NO4. The number of rotatable bonds is 5. The topological polar surface area (TPSA) is 64.6 Å². The number of hydrogen-bond acceptors (Lipinski definition) is 5. The molecule has 2 aromatic carbocycles. The van der Waals surface area contributed by atoms with Gasteiger partial charge in [-0.1, -0.05) is 41.4 Å². The number of hydrogen-bond donors (Lipinski definition) is 1. The molecule has 2 atom stereocenters. The number of carbonyl (C=O) groups excluding carboxylic acids is 2. The van der Waals surface area contributed by atoms with Crippen molar-refractivity contribution in [1.29, 1.82) is 0 Å². The number of halogens is 2. The fourth-order valence-electron chi connectivity index (χ4n) is 5.69. The Hall–Kier alpha value is -2.76. The highest BCUT2D eigenvalue weighted by Gasteiger charge is 2.42. The van der Waals surface area contributed by atoms with Crippen LogP contribution in [0.4, 0.5) is 0 Å². The number of Topliss-reactive ketones (excluding diaryl/α,β-unsaturated/α-hetero) is 1. The van der Waals surface area contributed by atoms with E-state index in [1.54, 1.807) is 19.2 Å². The summed E-state index contributed by atoms with van der Waals surface area (Å²) < 4.78 is 11.2. The summed E-state index contributed by atoms with van der Waals surface area (Å²) >= 11 is 12.8. The highest BCUT2D eigenvalue weighted by molar-refractivity contribution is 6.35. The number of benzene rings is 2. The van der Waals surface area contributed by atoms with Gasteiger partial charge in [0.05, 0.1) is 12.7 Å². The van der Waals surface area contributed by atoms with Crippen LogP contribution in [0, 0.1) is 0 Å². The van der Waals surface area contributed by atoms with Crippen LogP contribution in [0.2, 0.25) is 10.0 Å². The molecule has 36 heavy (non-hydrogen) atoms. The van der Waals surface area contributed by atoms with E-state index in [4.69, 9.17) is 32.7 Å². The molecule has 0 spiro atoms. The Labute approximate surface area is 221 Å². The lowest BCUT2D eigenvalue weighted by Gasteiger charge is -2.37. The Morgan fingerprint density at radius 1 is 1.03 bits per heavy atom. The van der Waals surface area contributed by atoms with Crippen molar-refractivity contribution in [3.8, 4) is 5.75 Å². The van der Waals surface area contributed by atoms with Crippen molar-refractivity contribution in [2.45, 2.75) is 63.4 Å². The molecule has 1 heterocycles. The summed E-state index contributed by atoms with van der Waals surface area (Å²) in [4.78, 5) is 27.3. The summed E-state index contributed by atoms with van der Waals surface area (Å²) in [7, 11) is 1.63. The fraction of sp³-hybridized carbons (Fsp3) is 0.379. The van der Waals surface area contributed by atoms with Gasteiger partial charge in [-0.05, 0) is 80.3 Å². The average Bonchev–Trinajstić information content (AvgIpc) is 3.36. The van der Waals surface area contributed by atoms with Gasteiger partial charge in [-0.25, -0.2) is 4.79 Å². The van der Waals surface area contributed by atoms with Crippen molar-refractivity contribution in [2.24, 2.45) is 0 Å². The van der Waals surface area contributed by atoms with Gasteiger partial charge in [0.15, 0.2) is 5.78 Å². The zero-order chi connectivity index (χ0) is 25.4. The number of carbonyl (C=O) groups is 2. The van der Waals surface area contributed by atoms with Crippen molar-refractivity contribution in [3.63, 3.8) is 0 Å². The lowest BCUT2D eigenvalue weighted by molar-refractivity contribution is -0.144. The third-order valence-electron chi connectivity index (χ3n) is 7.48. The Bertz CT molecular complexity index is 1260. The summed E-state index contributed by atoms with van der Waals surface area (Å²) in [5, 5.41) is 4.32. The Morgan fingerprint density at radius 2 is 1.75 bits per heavy atom. The molecule has 1 N–H and O–H groups in total. The standard InChI is InChI=1S/C29H29Cl2NO4/c1-16-26(29(34)36-21-5-3-4-6-21)27(22-12-9-19(30)15-23(22)31)28-24(32-16)13-18(14-25(28)33)17-7-10-20(35-2)11-8-17/h7-12,15,18,21,27,32H,3-6,13-14H2,1-2H3/t18-,27+/m0/s1. The van der Waals surface area contributed by atoms with E-state index in [0.29, 0.717) is 45.3 Å². The number of esters is 1. The maximum absolute atomic E-state index is 13.8. The molecule has 7 heteroatoms. The number of ether oxygens (including phenoxy) is 2. The zero-order valence-corrected chi connectivity index (χ0v) is 21.9. The van der Waals surface area contributed by atoms with Crippen LogP contribution in [0.15, 0.2) is 65.0 Å². The van der Waals surface area contributed by atoms with Crippen LogP contribution >= 0.6 is 23.2 Å². The molecular weight excluding hydrogens is 497 g/mol. The first-order valence-electron chi connectivity index (χ1n) is 12.4. The lowest BCUT2D eigenvalue weighted by Crippen LogP contribution is -2.36. The van der Waals surface area contributed by atoms with Gasteiger partial charge in [0.1, 0.15) is 11.9 Å². The predicted octanol–water partition coefficient (Wildman–Crippen LogP) is 6.85. The van der Waals surface area contributed by atoms with Gasteiger partial charge in [-0.15, -0.1) is 0 Å². The third-order valence-corrected chi connectivity index (χ3v) is 8.05. The summed E-state index contributed by atoms with van der Waals surface area (Å²) in [5.74, 6) is -0.197. The fourth-order valence-corrected chi connectivity index (χ4v) is 6.21.